The molecule has 1 aliphatic heterocycles. The molecule has 1 N–H and O–H groups in total. The molecule has 0 aliphatic carbocycles. The van der Waals surface area contributed by atoms with Gasteiger partial charge in [-0.15, -0.1) is 0 Å². The van der Waals surface area contributed by atoms with E-state index in [1.807, 2.05) is 19.1 Å². The monoisotopic (exact) mass is 329 g/mol. The van der Waals surface area contributed by atoms with Crippen LogP contribution < -0.4 is 10.2 Å². The number of benzene rings is 1. The lowest BCUT2D eigenvalue weighted by Crippen LogP contribution is -2.30. The van der Waals surface area contributed by atoms with E-state index in [0.717, 1.165) is 12.1 Å². The Hall–Kier alpha value is -2.40. The van der Waals surface area contributed by atoms with Crippen LogP contribution in [0.2, 0.25) is 5.02 Å². The number of carbonyl (C=O) groups excluding carboxylic acids is 2. The average Bonchev–Trinajstić information content (AvgIpc) is 2.87. The van der Waals surface area contributed by atoms with Crippen molar-refractivity contribution in [3.05, 3.63) is 53.3 Å². The molecule has 1 fully saturated rings. The van der Waals surface area contributed by atoms with Crippen molar-refractivity contribution in [2.75, 3.05) is 10.2 Å². The molecule has 0 spiro atoms. The van der Waals surface area contributed by atoms with Crippen LogP contribution in [0.4, 0.5) is 11.4 Å². The number of pyridine rings is 1. The molecule has 3 rings (SSSR count). The molecule has 23 heavy (non-hydrogen) atoms. The SMILES string of the molecule is CC1CCC(=O)N1c1ccc(NC(=O)c2ccncc2Cl)cc1. The first-order valence-corrected chi connectivity index (χ1v) is 7.77. The third-order valence-electron chi connectivity index (χ3n) is 3.91. The number of anilines is 2. The zero-order valence-corrected chi connectivity index (χ0v) is 13.4. The summed E-state index contributed by atoms with van der Waals surface area (Å²) in [6.07, 6.45) is 4.41. The molecule has 2 amide bonds. The minimum Gasteiger partial charge on any atom is -0.322 e. The predicted molar refractivity (Wildman–Crippen MR) is 89.8 cm³/mol. The van der Waals surface area contributed by atoms with Gasteiger partial charge in [0, 0.05) is 36.2 Å². The van der Waals surface area contributed by atoms with Crippen molar-refractivity contribution < 1.29 is 9.59 Å². The zero-order chi connectivity index (χ0) is 16.4. The molecule has 2 heterocycles. The largest absolute Gasteiger partial charge is 0.322 e. The Morgan fingerprint density at radius 1 is 1.30 bits per heavy atom. The van der Waals surface area contributed by atoms with Gasteiger partial charge in [-0.3, -0.25) is 14.6 Å². The molecule has 1 aliphatic rings. The maximum Gasteiger partial charge on any atom is 0.257 e. The number of nitrogens with one attached hydrogen (secondary N) is 1. The van der Waals surface area contributed by atoms with Gasteiger partial charge in [-0.1, -0.05) is 11.6 Å². The minimum atomic E-state index is -0.296. The van der Waals surface area contributed by atoms with Gasteiger partial charge in [-0.05, 0) is 43.7 Å². The molecule has 1 unspecified atom stereocenters. The van der Waals surface area contributed by atoms with Crippen molar-refractivity contribution in [1.29, 1.82) is 0 Å². The third-order valence-corrected chi connectivity index (χ3v) is 4.21. The summed E-state index contributed by atoms with van der Waals surface area (Å²) in [6.45, 7) is 2.03. The van der Waals surface area contributed by atoms with Crippen LogP contribution in [0, 0.1) is 0 Å². The highest BCUT2D eigenvalue weighted by Crippen LogP contribution is 2.27. The standard InChI is InChI=1S/C17H16ClN3O2/c1-11-2-7-16(22)21(11)13-5-3-12(4-6-13)20-17(23)14-8-9-19-10-15(14)18/h3-6,8-11H,2,7H2,1H3,(H,20,23). The van der Waals surface area contributed by atoms with Gasteiger partial charge in [-0.2, -0.15) is 0 Å². The summed E-state index contributed by atoms with van der Waals surface area (Å²) in [6, 6.07) is 9.00. The number of nitrogens with zero attached hydrogens (tertiary/aromatic N) is 2. The maximum absolute atomic E-state index is 12.2. The van der Waals surface area contributed by atoms with Crippen molar-refractivity contribution in [2.45, 2.75) is 25.8 Å². The minimum absolute atomic E-state index is 0.137. The summed E-state index contributed by atoms with van der Waals surface area (Å²) in [7, 11) is 0. The van der Waals surface area contributed by atoms with Gasteiger partial charge in [0.2, 0.25) is 5.91 Å². The summed E-state index contributed by atoms with van der Waals surface area (Å²) in [4.78, 5) is 29.8. The average molecular weight is 330 g/mol. The van der Waals surface area contributed by atoms with Crippen molar-refractivity contribution in [1.82, 2.24) is 4.98 Å². The van der Waals surface area contributed by atoms with E-state index in [4.69, 9.17) is 11.6 Å². The van der Waals surface area contributed by atoms with Gasteiger partial charge in [-0.25, -0.2) is 0 Å². The lowest BCUT2D eigenvalue weighted by Gasteiger charge is -2.22. The van der Waals surface area contributed by atoms with E-state index in [1.54, 1.807) is 23.1 Å². The van der Waals surface area contributed by atoms with Gasteiger partial charge >= 0.3 is 0 Å². The molecule has 0 radical (unpaired) electrons. The number of hydrogen-bond acceptors (Lipinski definition) is 3. The molecule has 1 saturated heterocycles. The zero-order valence-electron chi connectivity index (χ0n) is 12.6. The molecule has 1 aromatic carbocycles. The quantitative estimate of drug-likeness (QED) is 0.937. The van der Waals surface area contributed by atoms with E-state index in [9.17, 15) is 9.59 Å². The van der Waals surface area contributed by atoms with E-state index < -0.39 is 0 Å². The number of hydrogen-bond donors (Lipinski definition) is 1. The molecule has 0 saturated carbocycles. The highest BCUT2D eigenvalue weighted by atomic mass is 35.5. The van der Waals surface area contributed by atoms with E-state index >= 15 is 0 Å². The van der Waals surface area contributed by atoms with Crippen LogP contribution in [0.25, 0.3) is 0 Å². The van der Waals surface area contributed by atoms with Gasteiger partial charge in [0.1, 0.15) is 0 Å². The van der Waals surface area contributed by atoms with Crippen LogP contribution in [0.15, 0.2) is 42.7 Å². The normalized spacial score (nSPS) is 17.4. The molecular weight excluding hydrogens is 314 g/mol. The topological polar surface area (TPSA) is 62.3 Å². The molecule has 6 heteroatoms. The van der Waals surface area contributed by atoms with E-state index in [0.29, 0.717) is 22.7 Å². The predicted octanol–water partition coefficient (Wildman–Crippen LogP) is 3.50. The van der Waals surface area contributed by atoms with E-state index in [2.05, 4.69) is 10.3 Å². The maximum atomic E-state index is 12.2. The van der Waals surface area contributed by atoms with Gasteiger partial charge in [0.05, 0.1) is 10.6 Å². The van der Waals surface area contributed by atoms with Gasteiger partial charge < -0.3 is 10.2 Å². The Labute approximate surface area is 139 Å². The second kappa shape index (κ2) is 6.38. The molecule has 2 aromatic rings. The van der Waals surface area contributed by atoms with Crippen molar-refractivity contribution >= 4 is 34.8 Å². The Morgan fingerprint density at radius 3 is 2.65 bits per heavy atom. The van der Waals surface area contributed by atoms with Crippen molar-refractivity contribution in [2.24, 2.45) is 0 Å². The van der Waals surface area contributed by atoms with Crippen LogP contribution in [-0.4, -0.2) is 22.8 Å². The first-order valence-electron chi connectivity index (χ1n) is 7.39. The highest BCUT2D eigenvalue weighted by molar-refractivity contribution is 6.34. The molecular formula is C17H16ClN3O2. The van der Waals surface area contributed by atoms with Crippen molar-refractivity contribution in [3.8, 4) is 0 Å². The lowest BCUT2D eigenvalue weighted by molar-refractivity contribution is -0.117. The van der Waals surface area contributed by atoms with Crippen LogP contribution >= 0.6 is 11.6 Å². The first kappa shape index (κ1) is 15.5. The Morgan fingerprint density at radius 2 is 2.04 bits per heavy atom. The second-order valence-electron chi connectivity index (χ2n) is 5.51. The molecule has 118 valence electrons. The number of rotatable bonds is 3. The van der Waals surface area contributed by atoms with Crippen LogP contribution in [0.1, 0.15) is 30.1 Å². The van der Waals surface area contributed by atoms with Crippen LogP contribution in [-0.2, 0) is 4.79 Å². The highest BCUT2D eigenvalue weighted by Gasteiger charge is 2.28. The summed E-state index contributed by atoms with van der Waals surface area (Å²) in [5.41, 5.74) is 1.86. The summed E-state index contributed by atoms with van der Waals surface area (Å²) < 4.78 is 0. The molecule has 1 aromatic heterocycles. The Bertz CT molecular complexity index is 746. The van der Waals surface area contributed by atoms with E-state index in [1.165, 1.54) is 12.4 Å². The fourth-order valence-corrected chi connectivity index (χ4v) is 2.89. The van der Waals surface area contributed by atoms with Gasteiger partial charge in [0.15, 0.2) is 0 Å². The van der Waals surface area contributed by atoms with E-state index in [-0.39, 0.29) is 17.9 Å². The molecule has 0 bridgehead atoms. The van der Waals surface area contributed by atoms with Crippen LogP contribution in [0.5, 0.6) is 0 Å². The van der Waals surface area contributed by atoms with Gasteiger partial charge in [0.25, 0.3) is 5.91 Å². The Balaban J connectivity index is 1.74. The number of halogens is 1. The number of amides is 2. The smallest absolute Gasteiger partial charge is 0.257 e. The third kappa shape index (κ3) is 3.19. The fourth-order valence-electron chi connectivity index (χ4n) is 2.69. The first-order chi connectivity index (χ1) is 11.1. The summed E-state index contributed by atoms with van der Waals surface area (Å²) in [5, 5.41) is 3.09. The Kier molecular flexibility index (Phi) is 4.30. The fraction of sp³-hybridized carbons (Fsp3) is 0.235. The second-order valence-corrected chi connectivity index (χ2v) is 5.92. The van der Waals surface area contributed by atoms with Crippen LogP contribution in [0.3, 0.4) is 0 Å². The van der Waals surface area contributed by atoms with Crippen molar-refractivity contribution in [3.63, 3.8) is 0 Å². The number of aromatic nitrogens is 1. The molecule has 1 atom stereocenters. The summed E-state index contributed by atoms with van der Waals surface area (Å²) in [5.74, 6) is -0.159. The molecule has 5 nitrogen and oxygen atoms in total. The summed E-state index contributed by atoms with van der Waals surface area (Å²) >= 11 is 5.96. The lowest BCUT2D eigenvalue weighted by atomic mass is 10.2. The number of carbonyl (C=O) groups is 2.